The SMILES string of the molecule is O=C(O)CCC(=O)O[S-].[Au+]. The monoisotopic (exact) mass is 346 g/mol. The number of carboxylic acid groups (broad SMARTS) is 1. The molecule has 0 spiro atoms. The Hall–Kier alpha value is 0.0303. The van der Waals surface area contributed by atoms with Crippen LogP contribution in [0.2, 0.25) is 0 Å². The predicted octanol–water partition coefficient (Wildman–Crippen LogP) is -0.146. The molecule has 1 N–H and O–H groups in total. The van der Waals surface area contributed by atoms with E-state index in [-0.39, 0.29) is 35.2 Å². The second-order valence-corrected chi connectivity index (χ2v) is 1.52. The van der Waals surface area contributed by atoms with Crippen molar-refractivity contribution in [1.29, 1.82) is 0 Å². The molecule has 0 amide bonds. The number of rotatable bonds is 3. The Morgan fingerprint density at radius 1 is 1.40 bits per heavy atom. The van der Waals surface area contributed by atoms with E-state index in [1.807, 2.05) is 0 Å². The average molecular weight is 346 g/mol. The molecule has 6 heteroatoms. The van der Waals surface area contributed by atoms with E-state index in [4.69, 9.17) is 5.11 Å². The summed E-state index contributed by atoms with van der Waals surface area (Å²) in [6, 6.07) is 0. The Morgan fingerprint density at radius 3 is 2.20 bits per heavy atom. The van der Waals surface area contributed by atoms with Crippen molar-refractivity contribution in [2.75, 3.05) is 0 Å². The number of hydrogen-bond acceptors (Lipinski definition) is 4. The van der Waals surface area contributed by atoms with Crippen molar-refractivity contribution < 1.29 is 41.3 Å². The first-order valence-electron chi connectivity index (χ1n) is 2.21. The normalized spacial score (nSPS) is 7.70. The van der Waals surface area contributed by atoms with Gasteiger partial charge in [0, 0.05) is 0 Å². The number of aliphatic carboxylic acids is 1. The van der Waals surface area contributed by atoms with E-state index in [1.54, 1.807) is 0 Å². The van der Waals surface area contributed by atoms with Gasteiger partial charge in [-0.3, -0.25) is 9.59 Å². The zero-order chi connectivity index (χ0) is 7.28. The molecule has 0 aliphatic carbocycles. The summed E-state index contributed by atoms with van der Waals surface area (Å²) in [4.78, 5) is 19.9. The van der Waals surface area contributed by atoms with Crippen molar-refractivity contribution in [3.05, 3.63) is 0 Å². The molecule has 0 aliphatic rings. The number of carbonyl (C=O) groups excluding carboxylic acids is 1. The van der Waals surface area contributed by atoms with Gasteiger partial charge in [0.05, 0.1) is 12.8 Å². The maximum Gasteiger partial charge on any atom is 1.00 e. The van der Waals surface area contributed by atoms with Gasteiger partial charge in [-0.05, 0) is 0 Å². The Balaban J connectivity index is 0. The van der Waals surface area contributed by atoms with Crippen LogP contribution >= 0.6 is 0 Å². The second-order valence-electron chi connectivity index (χ2n) is 1.35. The summed E-state index contributed by atoms with van der Waals surface area (Å²) in [5, 5.41) is 8.02. The third kappa shape index (κ3) is 8.03. The zero-order valence-electron chi connectivity index (χ0n) is 4.80. The first-order chi connectivity index (χ1) is 4.16. The maximum absolute atomic E-state index is 10.1. The molecule has 0 radical (unpaired) electrons. The van der Waals surface area contributed by atoms with Gasteiger partial charge in [0.2, 0.25) is 0 Å². The molecule has 4 nitrogen and oxygen atoms in total. The van der Waals surface area contributed by atoms with E-state index < -0.39 is 11.9 Å². The maximum atomic E-state index is 10.1. The zero-order valence-corrected chi connectivity index (χ0v) is 7.78. The molecular formula is C4H5AuO4S. The first kappa shape index (κ1) is 12.7. The van der Waals surface area contributed by atoms with Crippen LogP contribution in [0.1, 0.15) is 12.8 Å². The minimum Gasteiger partial charge on any atom is -0.615 e. The quantitative estimate of drug-likeness (QED) is 0.569. The average Bonchev–Trinajstić information content (AvgIpc) is 1.83. The fourth-order valence-electron chi connectivity index (χ4n) is 0.251. The standard InChI is InChI=1S/C4H6O4S.Au/c5-3(6)1-2-4(7)8-9;/h9H,1-2H2,(H,5,6);/q;+1/p-1. The number of hydrogen-bond donors (Lipinski definition) is 1. The molecule has 0 aromatic heterocycles. The van der Waals surface area contributed by atoms with Gasteiger partial charge < -0.3 is 22.2 Å². The Kier molecular flexibility index (Phi) is 9.06. The summed E-state index contributed by atoms with van der Waals surface area (Å²) >= 11 is 3.88. The third-order valence-corrected chi connectivity index (χ3v) is 0.822. The van der Waals surface area contributed by atoms with E-state index in [1.165, 1.54) is 0 Å². The van der Waals surface area contributed by atoms with Crippen molar-refractivity contribution >= 4 is 24.8 Å². The van der Waals surface area contributed by atoms with Crippen molar-refractivity contribution in [2.45, 2.75) is 12.8 Å². The van der Waals surface area contributed by atoms with Crippen molar-refractivity contribution in [3.8, 4) is 0 Å². The van der Waals surface area contributed by atoms with E-state index in [0.29, 0.717) is 0 Å². The largest absolute Gasteiger partial charge is 1.00 e. The minimum absolute atomic E-state index is 0. The van der Waals surface area contributed by atoms with Crippen LogP contribution in [0.3, 0.4) is 0 Å². The topological polar surface area (TPSA) is 63.6 Å². The molecule has 62 valence electrons. The van der Waals surface area contributed by atoms with Gasteiger partial charge in [-0.15, -0.1) is 0 Å². The number of carboxylic acids is 1. The van der Waals surface area contributed by atoms with E-state index in [0.717, 1.165) is 0 Å². The van der Waals surface area contributed by atoms with Gasteiger partial charge in [-0.25, -0.2) is 0 Å². The molecular weight excluding hydrogens is 341 g/mol. The third-order valence-electron chi connectivity index (χ3n) is 0.636. The van der Waals surface area contributed by atoms with E-state index in [2.05, 4.69) is 17.1 Å². The Morgan fingerprint density at radius 2 is 1.90 bits per heavy atom. The van der Waals surface area contributed by atoms with Gasteiger partial charge in [-0.2, -0.15) is 0 Å². The summed E-state index contributed by atoms with van der Waals surface area (Å²) in [6.07, 6.45) is -0.381. The molecule has 0 rings (SSSR count). The summed E-state index contributed by atoms with van der Waals surface area (Å²) in [6.45, 7) is 0. The van der Waals surface area contributed by atoms with Crippen molar-refractivity contribution in [3.63, 3.8) is 0 Å². The van der Waals surface area contributed by atoms with Crippen molar-refractivity contribution in [1.82, 2.24) is 0 Å². The summed E-state index contributed by atoms with van der Waals surface area (Å²) in [5.41, 5.74) is 0. The molecule has 0 aromatic rings. The molecule has 0 unspecified atom stereocenters. The molecule has 10 heavy (non-hydrogen) atoms. The first-order valence-corrected chi connectivity index (χ1v) is 2.54. The fraction of sp³-hybridized carbons (Fsp3) is 0.500. The van der Waals surface area contributed by atoms with Crippen LogP contribution in [0.4, 0.5) is 0 Å². The summed E-state index contributed by atoms with van der Waals surface area (Å²) < 4.78 is 3.78. The molecule has 0 saturated carbocycles. The Bertz CT molecular complexity index is 126. The van der Waals surface area contributed by atoms with Crippen LogP contribution < -0.4 is 0 Å². The van der Waals surface area contributed by atoms with Crippen LogP contribution in [0.5, 0.6) is 0 Å². The van der Waals surface area contributed by atoms with E-state index in [9.17, 15) is 9.59 Å². The molecule has 0 bridgehead atoms. The van der Waals surface area contributed by atoms with Gasteiger partial charge in [0.1, 0.15) is 0 Å². The van der Waals surface area contributed by atoms with Gasteiger partial charge in [-0.1, -0.05) is 0 Å². The molecule has 0 heterocycles. The second kappa shape index (κ2) is 7.14. The smallest absolute Gasteiger partial charge is 0.615 e. The molecule has 0 saturated heterocycles. The van der Waals surface area contributed by atoms with Crippen molar-refractivity contribution in [2.24, 2.45) is 0 Å². The fourth-order valence-corrected chi connectivity index (χ4v) is 0.334. The minimum atomic E-state index is -1.03. The van der Waals surface area contributed by atoms with E-state index >= 15 is 0 Å². The van der Waals surface area contributed by atoms with Crippen LogP contribution in [0.25, 0.3) is 0 Å². The van der Waals surface area contributed by atoms with Gasteiger partial charge in [0.25, 0.3) is 5.97 Å². The summed E-state index contributed by atoms with van der Waals surface area (Å²) in [7, 11) is 0. The summed E-state index contributed by atoms with van der Waals surface area (Å²) in [5.74, 6) is -1.71. The molecule has 0 fully saturated rings. The van der Waals surface area contributed by atoms with Crippen LogP contribution in [-0.2, 0) is 49.1 Å². The predicted molar refractivity (Wildman–Crippen MR) is 30.3 cm³/mol. The van der Waals surface area contributed by atoms with Crippen LogP contribution in [-0.4, -0.2) is 17.0 Å². The van der Waals surface area contributed by atoms with Gasteiger partial charge >= 0.3 is 28.3 Å². The Labute approximate surface area is 79.1 Å². The molecule has 0 atom stereocenters. The van der Waals surface area contributed by atoms with Crippen LogP contribution in [0, 0.1) is 0 Å². The number of carbonyl (C=O) groups is 2. The van der Waals surface area contributed by atoms with Crippen LogP contribution in [0.15, 0.2) is 0 Å². The molecule has 0 aliphatic heterocycles. The van der Waals surface area contributed by atoms with Gasteiger partial charge in [0.15, 0.2) is 0 Å². The molecule has 0 aromatic carbocycles.